The van der Waals surface area contributed by atoms with Gasteiger partial charge in [-0.25, -0.2) is 9.97 Å². The first kappa shape index (κ1) is 15.3. The smallest absolute Gasteiger partial charge is 0.223 e. The van der Waals surface area contributed by atoms with Gasteiger partial charge in [0.2, 0.25) is 5.95 Å². The van der Waals surface area contributed by atoms with Crippen LogP contribution < -0.4 is 10.6 Å². The molecular formula is C19H26N6. The van der Waals surface area contributed by atoms with Crippen molar-refractivity contribution in [2.24, 2.45) is 0 Å². The van der Waals surface area contributed by atoms with E-state index < -0.39 is 0 Å². The zero-order valence-electron chi connectivity index (χ0n) is 14.7. The number of rotatable bonds is 3. The summed E-state index contributed by atoms with van der Waals surface area (Å²) in [5.74, 6) is 0.788. The van der Waals surface area contributed by atoms with Crippen LogP contribution in [0.1, 0.15) is 55.7 Å². The predicted octanol–water partition coefficient (Wildman–Crippen LogP) is 2.72. The van der Waals surface area contributed by atoms with Gasteiger partial charge in [0, 0.05) is 17.8 Å². The second-order valence-corrected chi connectivity index (χ2v) is 7.64. The number of nitrogens with one attached hydrogen (secondary N) is 2. The Bertz CT molecular complexity index is 755. The maximum Gasteiger partial charge on any atom is 0.223 e. The number of nitrogens with zero attached hydrogens (tertiary/aromatic N) is 4. The second-order valence-electron chi connectivity index (χ2n) is 7.64. The molecule has 0 amide bonds. The van der Waals surface area contributed by atoms with Crippen LogP contribution in [0.5, 0.6) is 0 Å². The highest BCUT2D eigenvalue weighted by Crippen LogP contribution is 2.35. The van der Waals surface area contributed by atoms with E-state index in [2.05, 4.69) is 26.5 Å². The van der Waals surface area contributed by atoms with E-state index in [1.54, 1.807) is 0 Å². The lowest BCUT2D eigenvalue weighted by Crippen LogP contribution is -2.30. The molecule has 0 spiro atoms. The maximum absolute atomic E-state index is 4.95. The molecule has 2 aromatic rings. The standard InChI is InChI=1S/C19H26N6/c1-2-4-15(3-1)23-19-21-11-13-5-6-14-12-22-25(18(14)17(13)24-19)16-7-9-20-10-8-16/h11-12,15-16,20H,1-10H2,(H,21,23,24). The van der Waals surface area contributed by atoms with Crippen LogP contribution in [0, 0.1) is 0 Å². The van der Waals surface area contributed by atoms with Crippen molar-refractivity contribution in [1.29, 1.82) is 0 Å². The molecule has 2 fully saturated rings. The fourth-order valence-electron chi connectivity index (χ4n) is 4.56. The zero-order valence-corrected chi connectivity index (χ0v) is 14.7. The number of aromatic nitrogens is 4. The summed E-state index contributed by atoms with van der Waals surface area (Å²) in [6.45, 7) is 2.15. The van der Waals surface area contributed by atoms with E-state index in [-0.39, 0.29) is 0 Å². The molecule has 25 heavy (non-hydrogen) atoms. The maximum atomic E-state index is 4.95. The minimum absolute atomic E-state index is 0.483. The number of hydrogen-bond donors (Lipinski definition) is 2. The first-order valence-corrected chi connectivity index (χ1v) is 9.78. The summed E-state index contributed by atoms with van der Waals surface area (Å²) in [7, 11) is 0. The molecule has 2 N–H and O–H groups in total. The van der Waals surface area contributed by atoms with Crippen LogP contribution in [0.25, 0.3) is 11.4 Å². The van der Waals surface area contributed by atoms with Gasteiger partial charge in [0.15, 0.2) is 0 Å². The molecule has 1 aliphatic heterocycles. The van der Waals surface area contributed by atoms with Crippen molar-refractivity contribution < 1.29 is 0 Å². The highest BCUT2D eigenvalue weighted by Gasteiger charge is 2.27. The van der Waals surface area contributed by atoms with Gasteiger partial charge in [-0.05, 0) is 57.2 Å². The number of anilines is 1. The van der Waals surface area contributed by atoms with Gasteiger partial charge in [-0.3, -0.25) is 4.68 Å². The number of aryl methyl sites for hydroxylation is 2. The number of hydrogen-bond acceptors (Lipinski definition) is 5. The molecule has 1 saturated carbocycles. The van der Waals surface area contributed by atoms with E-state index in [1.165, 1.54) is 42.5 Å². The van der Waals surface area contributed by atoms with Gasteiger partial charge in [0.05, 0.1) is 23.6 Å². The van der Waals surface area contributed by atoms with Crippen molar-refractivity contribution in [2.75, 3.05) is 18.4 Å². The minimum atomic E-state index is 0.483. The third-order valence-electron chi connectivity index (χ3n) is 5.97. The van der Waals surface area contributed by atoms with Crippen molar-refractivity contribution in [1.82, 2.24) is 25.1 Å². The summed E-state index contributed by atoms with van der Waals surface area (Å²) < 4.78 is 2.25. The Hall–Kier alpha value is -1.95. The van der Waals surface area contributed by atoms with Crippen LogP contribution in [-0.4, -0.2) is 38.9 Å². The summed E-state index contributed by atoms with van der Waals surface area (Å²) in [6, 6.07) is 1.02. The molecule has 2 aromatic heterocycles. The van der Waals surface area contributed by atoms with Gasteiger partial charge < -0.3 is 10.6 Å². The van der Waals surface area contributed by atoms with Crippen LogP contribution >= 0.6 is 0 Å². The third-order valence-corrected chi connectivity index (χ3v) is 5.97. The quantitative estimate of drug-likeness (QED) is 0.901. The Balaban J connectivity index is 1.50. The summed E-state index contributed by atoms with van der Waals surface area (Å²) in [5.41, 5.74) is 4.95. The summed E-state index contributed by atoms with van der Waals surface area (Å²) in [5, 5.41) is 11.8. The fourth-order valence-corrected chi connectivity index (χ4v) is 4.56. The van der Waals surface area contributed by atoms with Gasteiger partial charge in [0.25, 0.3) is 0 Å². The molecule has 132 valence electrons. The lowest BCUT2D eigenvalue weighted by Gasteiger charge is -2.26. The average molecular weight is 338 g/mol. The molecule has 0 bridgehead atoms. The Morgan fingerprint density at radius 1 is 1.00 bits per heavy atom. The molecule has 6 nitrogen and oxygen atoms in total. The number of fused-ring (bicyclic) bond motifs is 3. The molecule has 0 radical (unpaired) electrons. The van der Waals surface area contributed by atoms with Crippen LogP contribution in [0.15, 0.2) is 12.4 Å². The van der Waals surface area contributed by atoms with Crippen molar-refractivity contribution in [3.05, 3.63) is 23.5 Å². The highest BCUT2D eigenvalue weighted by atomic mass is 15.3. The van der Waals surface area contributed by atoms with Crippen LogP contribution in [0.2, 0.25) is 0 Å². The first-order valence-electron chi connectivity index (χ1n) is 9.78. The summed E-state index contributed by atoms with van der Waals surface area (Å²) in [4.78, 5) is 9.54. The Morgan fingerprint density at radius 3 is 2.64 bits per heavy atom. The van der Waals surface area contributed by atoms with Gasteiger partial charge in [0.1, 0.15) is 0 Å². The monoisotopic (exact) mass is 338 g/mol. The SMILES string of the molecule is c1nc(NC2CCCC2)nc2c1CCc1cnn(C3CCNCC3)c1-2. The molecule has 0 aromatic carbocycles. The molecule has 5 rings (SSSR count). The number of piperidine rings is 1. The van der Waals surface area contributed by atoms with Gasteiger partial charge in [-0.15, -0.1) is 0 Å². The minimum Gasteiger partial charge on any atom is -0.351 e. The Labute approximate surface area is 148 Å². The van der Waals surface area contributed by atoms with E-state index in [4.69, 9.17) is 10.1 Å². The van der Waals surface area contributed by atoms with Crippen molar-refractivity contribution >= 4 is 5.95 Å². The van der Waals surface area contributed by atoms with E-state index in [9.17, 15) is 0 Å². The van der Waals surface area contributed by atoms with Gasteiger partial charge in [-0.2, -0.15) is 5.10 Å². The topological polar surface area (TPSA) is 67.7 Å². The Morgan fingerprint density at radius 2 is 1.80 bits per heavy atom. The molecular weight excluding hydrogens is 312 g/mol. The van der Waals surface area contributed by atoms with Crippen LogP contribution in [0.3, 0.4) is 0 Å². The van der Waals surface area contributed by atoms with E-state index in [0.29, 0.717) is 12.1 Å². The van der Waals surface area contributed by atoms with Crippen molar-refractivity contribution in [3.8, 4) is 11.4 Å². The van der Waals surface area contributed by atoms with Gasteiger partial charge in [-0.1, -0.05) is 12.8 Å². The summed E-state index contributed by atoms with van der Waals surface area (Å²) >= 11 is 0. The fraction of sp³-hybridized carbons (Fsp3) is 0.632. The normalized spacial score (nSPS) is 21.1. The van der Waals surface area contributed by atoms with Crippen LogP contribution in [-0.2, 0) is 12.8 Å². The molecule has 2 aliphatic carbocycles. The Kier molecular flexibility index (Phi) is 3.93. The lowest BCUT2D eigenvalue weighted by atomic mass is 9.94. The van der Waals surface area contributed by atoms with E-state index >= 15 is 0 Å². The van der Waals surface area contributed by atoms with Crippen molar-refractivity contribution in [2.45, 2.75) is 63.5 Å². The largest absolute Gasteiger partial charge is 0.351 e. The van der Waals surface area contributed by atoms with Gasteiger partial charge >= 0.3 is 0 Å². The highest BCUT2D eigenvalue weighted by molar-refractivity contribution is 5.66. The van der Waals surface area contributed by atoms with E-state index in [0.717, 1.165) is 50.4 Å². The average Bonchev–Trinajstić information content (AvgIpc) is 3.32. The zero-order chi connectivity index (χ0) is 16.6. The molecule has 6 heteroatoms. The predicted molar refractivity (Wildman–Crippen MR) is 97.7 cm³/mol. The third kappa shape index (κ3) is 2.82. The molecule has 1 saturated heterocycles. The first-order chi connectivity index (χ1) is 12.4. The van der Waals surface area contributed by atoms with Crippen molar-refractivity contribution in [3.63, 3.8) is 0 Å². The molecule has 0 unspecified atom stereocenters. The molecule has 0 atom stereocenters. The summed E-state index contributed by atoms with van der Waals surface area (Å²) in [6.07, 6.45) is 13.5. The second kappa shape index (κ2) is 6.41. The lowest BCUT2D eigenvalue weighted by molar-refractivity contribution is 0.345. The molecule has 3 aliphatic rings. The van der Waals surface area contributed by atoms with Crippen LogP contribution in [0.4, 0.5) is 5.95 Å². The molecule has 3 heterocycles. The van der Waals surface area contributed by atoms with E-state index in [1.807, 2.05) is 6.20 Å².